The quantitative estimate of drug-likeness (QED) is 0.518. The largest absolute Gasteiger partial charge is 0.344 e. The van der Waals surface area contributed by atoms with Crippen molar-refractivity contribution in [3.63, 3.8) is 0 Å². The number of carbonyl (C=O) groups excluding carboxylic acids is 1. The fourth-order valence-corrected chi connectivity index (χ4v) is 3.32. The number of carbonyl (C=O) groups is 1. The fraction of sp³-hybridized carbons (Fsp3) is 0.389. The Morgan fingerprint density at radius 1 is 1.36 bits per heavy atom. The van der Waals surface area contributed by atoms with E-state index in [1.54, 1.807) is 0 Å². The molecule has 1 unspecified atom stereocenters. The highest BCUT2D eigenvalue weighted by Crippen LogP contribution is 2.36. The van der Waals surface area contributed by atoms with Crippen LogP contribution in [0.1, 0.15) is 44.7 Å². The highest BCUT2D eigenvalue weighted by atomic mass is 16.2. The average molecular weight is 297 g/mol. The first kappa shape index (κ1) is 14.9. The van der Waals surface area contributed by atoms with Crippen LogP contribution in [0.15, 0.2) is 36.5 Å². The van der Waals surface area contributed by atoms with Crippen LogP contribution in [0.3, 0.4) is 0 Å². The van der Waals surface area contributed by atoms with Gasteiger partial charge in [0.05, 0.1) is 0 Å². The van der Waals surface area contributed by atoms with Crippen LogP contribution in [0.2, 0.25) is 0 Å². The number of hydrazine groups is 1. The van der Waals surface area contributed by atoms with Crippen molar-refractivity contribution in [2.45, 2.75) is 39.2 Å². The zero-order valence-electron chi connectivity index (χ0n) is 13.2. The zero-order valence-corrected chi connectivity index (χ0v) is 13.2. The number of rotatable bonds is 3. The van der Waals surface area contributed by atoms with Crippen molar-refractivity contribution < 1.29 is 4.79 Å². The van der Waals surface area contributed by atoms with Crippen molar-refractivity contribution >= 4 is 22.4 Å². The van der Waals surface area contributed by atoms with Gasteiger partial charge in [-0.25, -0.2) is 5.84 Å². The minimum absolute atomic E-state index is 0.00667. The maximum absolute atomic E-state index is 11.6. The van der Waals surface area contributed by atoms with E-state index in [4.69, 9.17) is 5.84 Å². The maximum Gasteiger partial charge on any atom is 0.237 e. The number of para-hydroxylation sites is 1. The Labute approximate surface area is 131 Å². The van der Waals surface area contributed by atoms with E-state index in [0.717, 1.165) is 19.3 Å². The molecule has 1 aromatic carbocycles. The third-order valence-electron chi connectivity index (χ3n) is 4.57. The molecule has 1 heterocycles. The Bertz CT molecular complexity index is 727. The molecule has 22 heavy (non-hydrogen) atoms. The summed E-state index contributed by atoms with van der Waals surface area (Å²) in [5.74, 6) is 5.19. The summed E-state index contributed by atoms with van der Waals surface area (Å²) in [5.41, 5.74) is 6.18. The lowest BCUT2D eigenvalue weighted by molar-refractivity contribution is -0.125. The van der Waals surface area contributed by atoms with Crippen LogP contribution in [0, 0.1) is 5.92 Å². The Hall–Kier alpha value is -2.07. The molecule has 1 amide bonds. The molecule has 2 aromatic rings. The number of benzene rings is 1. The van der Waals surface area contributed by atoms with Crippen LogP contribution >= 0.6 is 0 Å². The molecule has 0 spiro atoms. The van der Waals surface area contributed by atoms with Crippen LogP contribution in [-0.4, -0.2) is 10.5 Å². The van der Waals surface area contributed by atoms with E-state index in [-0.39, 0.29) is 11.8 Å². The Balaban J connectivity index is 1.98. The fourth-order valence-electron chi connectivity index (χ4n) is 3.32. The van der Waals surface area contributed by atoms with Gasteiger partial charge in [0.1, 0.15) is 0 Å². The van der Waals surface area contributed by atoms with Crippen LogP contribution in [0.25, 0.3) is 16.5 Å². The number of nitrogens with one attached hydrogen (secondary N) is 1. The summed E-state index contributed by atoms with van der Waals surface area (Å²) in [4.78, 5) is 11.6. The molecule has 3 N–H and O–H groups in total. The third-order valence-corrected chi connectivity index (χ3v) is 4.57. The summed E-state index contributed by atoms with van der Waals surface area (Å²) < 4.78 is 2.32. The van der Waals surface area contributed by atoms with E-state index in [0.29, 0.717) is 6.04 Å². The first-order valence-corrected chi connectivity index (χ1v) is 7.91. The normalized spacial score (nSPS) is 18.5. The molecule has 1 aliphatic carbocycles. The molecular weight excluding hydrogens is 274 g/mol. The van der Waals surface area contributed by atoms with Gasteiger partial charge in [0.2, 0.25) is 5.91 Å². The number of hydrogen-bond donors (Lipinski definition) is 2. The average Bonchev–Trinajstić information content (AvgIpc) is 2.94. The lowest BCUT2D eigenvalue weighted by Crippen LogP contribution is -2.36. The topological polar surface area (TPSA) is 60.0 Å². The second kappa shape index (κ2) is 5.97. The first-order chi connectivity index (χ1) is 10.6. The van der Waals surface area contributed by atoms with Crippen LogP contribution in [-0.2, 0) is 4.79 Å². The standard InChI is InChI=1S/C18H23N3O/c1-12(2)21-11-16(15-5-3-4-6-17(15)21)13-7-9-14(10-8-13)18(22)20-19/h3-7,11-12,14H,8-10,19H2,1-2H3,(H,20,22). The molecule has 1 atom stereocenters. The van der Waals surface area contributed by atoms with Gasteiger partial charge in [-0.2, -0.15) is 0 Å². The van der Waals surface area contributed by atoms with Gasteiger partial charge < -0.3 is 4.57 Å². The molecule has 116 valence electrons. The Morgan fingerprint density at radius 3 is 2.77 bits per heavy atom. The van der Waals surface area contributed by atoms with Crippen LogP contribution < -0.4 is 11.3 Å². The summed E-state index contributed by atoms with van der Waals surface area (Å²) in [5, 5.41) is 1.30. The highest BCUT2D eigenvalue weighted by Gasteiger charge is 2.23. The molecule has 0 radical (unpaired) electrons. The summed E-state index contributed by atoms with van der Waals surface area (Å²) in [6.07, 6.45) is 7.00. The van der Waals surface area contributed by atoms with E-state index in [1.165, 1.54) is 22.0 Å². The predicted molar refractivity (Wildman–Crippen MR) is 90.0 cm³/mol. The van der Waals surface area contributed by atoms with Crippen molar-refractivity contribution in [3.8, 4) is 0 Å². The van der Waals surface area contributed by atoms with Gasteiger partial charge in [-0.15, -0.1) is 0 Å². The van der Waals surface area contributed by atoms with Crippen molar-refractivity contribution in [3.05, 3.63) is 42.1 Å². The first-order valence-electron chi connectivity index (χ1n) is 7.91. The van der Waals surface area contributed by atoms with Crippen LogP contribution in [0.5, 0.6) is 0 Å². The lowest BCUT2D eigenvalue weighted by Gasteiger charge is -2.20. The van der Waals surface area contributed by atoms with Gasteiger partial charge in [-0.3, -0.25) is 10.2 Å². The Kier molecular flexibility index (Phi) is 4.03. The Morgan fingerprint density at radius 2 is 2.14 bits per heavy atom. The number of aromatic nitrogens is 1. The van der Waals surface area contributed by atoms with E-state index in [2.05, 4.69) is 60.4 Å². The molecule has 0 bridgehead atoms. The minimum atomic E-state index is -0.0556. The van der Waals surface area contributed by atoms with Gasteiger partial charge in [-0.05, 0) is 44.7 Å². The number of hydrogen-bond acceptors (Lipinski definition) is 2. The molecule has 0 saturated heterocycles. The van der Waals surface area contributed by atoms with Gasteiger partial charge in [0.25, 0.3) is 0 Å². The van der Waals surface area contributed by atoms with Crippen molar-refractivity contribution in [2.75, 3.05) is 0 Å². The van der Waals surface area contributed by atoms with E-state index >= 15 is 0 Å². The molecule has 1 aliphatic rings. The summed E-state index contributed by atoms with van der Waals surface area (Å²) in [6.45, 7) is 4.40. The second-order valence-electron chi connectivity index (χ2n) is 6.27. The van der Waals surface area contributed by atoms with Gasteiger partial charge in [-0.1, -0.05) is 24.3 Å². The number of amides is 1. The van der Waals surface area contributed by atoms with Crippen molar-refractivity contribution in [2.24, 2.45) is 11.8 Å². The molecule has 3 rings (SSSR count). The molecule has 1 aromatic heterocycles. The number of nitrogens with zero attached hydrogens (tertiary/aromatic N) is 1. The molecular formula is C18H23N3O. The lowest BCUT2D eigenvalue weighted by atomic mass is 9.86. The molecule has 0 saturated carbocycles. The summed E-state index contributed by atoms with van der Waals surface area (Å²) >= 11 is 0. The highest BCUT2D eigenvalue weighted by molar-refractivity contribution is 5.93. The number of allylic oxidation sites excluding steroid dienone is 2. The molecule has 4 heteroatoms. The predicted octanol–water partition coefficient (Wildman–Crippen LogP) is 3.40. The second-order valence-corrected chi connectivity index (χ2v) is 6.27. The van der Waals surface area contributed by atoms with Gasteiger partial charge in [0, 0.05) is 34.6 Å². The smallest absolute Gasteiger partial charge is 0.237 e. The maximum atomic E-state index is 11.6. The SMILES string of the molecule is CC(C)n1cc(C2=CCC(C(=O)NN)CC2)c2ccccc21. The van der Waals surface area contributed by atoms with E-state index in [9.17, 15) is 4.79 Å². The monoisotopic (exact) mass is 297 g/mol. The van der Waals surface area contributed by atoms with Gasteiger partial charge >= 0.3 is 0 Å². The minimum Gasteiger partial charge on any atom is -0.344 e. The summed E-state index contributed by atoms with van der Waals surface area (Å²) in [6, 6.07) is 8.96. The van der Waals surface area contributed by atoms with E-state index in [1.807, 2.05) is 0 Å². The third kappa shape index (κ3) is 2.55. The summed E-state index contributed by atoms with van der Waals surface area (Å²) in [7, 11) is 0. The zero-order chi connectivity index (χ0) is 15.7. The molecule has 0 aliphatic heterocycles. The number of fused-ring (bicyclic) bond motifs is 1. The van der Waals surface area contributed by atoms with Crippen LogP contribution in [0.4, 0.5) is 0 Å². The van der Waals surface area contributed by atoms with Crippen molar-refractivity contribution in [1.29, 1.82) is 0 Å². The van der Waals surface area contributed by atoms with Gasteiger partial charge in [0.15, 0.2) is 0 Å². The molecule has 0 fully saturated rings. The van der Waals surface area contributed by atoms with Crippen molar-refractivity contribution in [1.82, 2.24) is 9.99 Å². The number of nitrogens with two attached hydrogens (primary N) is 1. The van der Waals surface area contributed by atoms with E-state index < -0.39 is 0 Å². The molecule has 4 nitrogen and oxygen atoms in total.